The van der Waals surface area contributed by atoms with E-state index in [1.807, 2.05) is 0 Å². The van der Waals surface area contributed by atoms with Crippen LogP contribution in [0.4, 0.5) is 0 Å². The maximum absolute atomic E-state index is 2.58. The molecule has 0 atom stereocenters. The van der Waals surface area contributed by atoms with Crippen molar-refractivity contribution in [3.05, 3.63) is 0 Å². The molecule has 0 aromatic heterocycles. The first-order chi connectivity index (χ1) is 3.68. The molecule has 0 bridgehead atoms. The standard InChI is InChI=1S/3C2H5.CH3.Hf/c3*1-2;;/h3*1H2,2H3;1H3;. The van der Waals surface area contributed by atoms with Gasteiger partial charge in [0, 0.05) is 0 Å². The van der Waals surface area contributed by atoms with E-state index >= 15 is 0 Å². The van der Waals surface area contributed by atoms with Gasteiger partial charge >= 0.3 is 58.0 Å². The van der Waals surface area contributed by atoms with E-state index in [1.54, 1.807) is 12.5 Å². The summed E-state index contributed by atoms with van der Waals surface area (Å²) in [6, 6.07) is 0. The van der Waals surface area contributed by atoms with Crippen LogP contribution in [-0.2, 0) is 20.0 Å². The van der Waals surface area contributed by atoms with Crippen LogP contribution in [0.15, 0.2) is 0 Å². The molecular weight excluding hydrogens is 263 g/mol. The van der Waals surface area contributed by atoms with Crippen molar-refractivity contribution in [2.24, 2.45) is 0 Å². The third-order valence-corrected chi connectivity index (χ3v) is 21.0. The molecule has 0 aliphatic rings. The van der Waals surface area contributed by atoms with Gasteiger partial charge in [-0.3, -0.25) is 0 Å². The molecule has 0 saturated heterocycles. The molecule has 0 unspecified atom stereocenters. The van der Waals surface area contributed by atoms with E-state index in [9.17, 15) is 0 Å². The van der Waals surface area contributed by atoms with Crippen LogP contribution in [0.5, 0.6) is 0 Å². The Morgan fingerprint density at radius 3 is 1.12 bits per heavy atom. The third-order valence-electron chi connectivity index (χ3n) is 2.56. The first-order valence-corrected chi connectivity index (χ1v) is 14.9. The van der Waals surface area contributed by atoms with Gasteiger partial charge in [-0.25, -0.2) is 0 Å². The summed E-state index contributed by atoms with van der Waals surface area (Å²) < 4.78 is 7.20. The normalized spacial score (nSPS) is 12.0. The predicted octanol–water partition coefficient (Wildman–Crippen LogP) is 3.50. The molecule has 0 aromatic carbocycles. The topological polar surface area (TPSA) is 0 Å². The summed E-state index contributed by atoms with van der Waals surface area (Å²) in [7, 11) is 0. The molecular formula is C7H18Hf. The third kappa shape index (κ3) is 2.43. The summed E-state index contributed by atoms with van der Waals surface area (Å²) in [5.41, 5.74) is 0. The fourth-order valence-corrected chi connectivity index (χ4v) is 6.14. The van der Waals surface area contributed by atoms with Crippen LogP contribution in [0.2, 0.25) is 17.2 Å². The van der Waals surface area contributed by atoms with Gasteiger partial charge in [0.1, 0.15) is 0 Å². The van der Waals surface area contributed by atoms with E-state index in [-0.39, 0.29) is 0 Å². The zero-order valence-electron chi connectivity index (χ0n) is 6.62. The second kappa shape index (κ2) is 3.81. The molecule has 0 radical (unpaired) electrons. The van der Waals surface area contributed by atoms with Crippen LogP contribution in [0.1, 0.15) is 20.8 Å². The van der Waals surface area contributed by atoms with Crippen molar-refractivity contribution in [3.8, 4) is 0 Å². The summed E-state index contributed by atoms with van der Waals surface area (Å²) in [6.07, 6.45) is 0. The van der Waals surface area contributed by atoms with Gasteiger partial charge in [-0.1, -0.05) is 0 Å². The first-order valence-electron chi connectivity index (χ1n) is 3.68. The van der Waals surface area contributed by atoms with Gasteiger partial charge < -0.3 is 0 Å². The summed E-state index contributed by atoms with van der Waals surface area (Å²) >= 11 is -1.45. The van der Waals surface area contributed by atoms with Crippen molar-refractivity contribution in [2.45, 2.75) is 38.0 Å². The molecule has 1 heteroatoms. The van der Waals surface area contributed by atoms with Crippen molar-refractivity contribution >= 4 is 0 Å². The molecule has 0 aromatic rings. The molecule has 0 N–H and O–H groups in total. The van der Waals surface area contributed by atoms with Crippen LogP contribution in [0.25, 0.3) is 0 Å². The molecule has 0 aliphatic heterocycles. The Bertz CT molecular complexity index is 47.1. The molecule has 0 fully saturated rings. The molecule has 0 spiro atoms. The van der Waals surface area contributed by atoms with E-state index in [2.05, 4.69) is 25.5 Å². The Kier molecular flexibility index (Phi) is 4.23. The van der Waals surface area contributed by atoms with Crippen molar-refractivity contribution in [3.63, 3.8) is 0 Å². The maximum atomic E-state index is 2.58. The molecule has 0 aliphatic carbocycles. The Balaban J connectivity index is 3.58. The van der Waals surface area contributed by atoms with Gasteiger partial charge in [-0.15, -0.1) is 0 Å². The molecule has 50 valence electrons. The molecule has 0 rings (SSSR count). The van der Waals surface area contributed by atoms with Gasteiger partial charge in [-0.05, 0) is 0 Å². The zero-order valence-corrected chi connectivity index (χ0v) is 10.2. The van der Waals surface area contributed by atoms with Gasteiger partial charge in [-0.2, -0.15) is 0 Å². The summed E-state index contributed by atoms with van der Waals surface area (Å²) in [5.74, 6) is 0. The van der Waals surface area contributed by atoms with Gasteiger partial charge in [0.2, 0.25) is 0 Å². The Hall–Kier alpha value is 0.870. The van der Waals surface area contributed by atoms with Crippen molar-refractivity contribution in [2.75, 3.05) is 0 Å². The van der Waals surface area contributed by atoms with E-state index in [0.29, 0.717) is 0 Å². The van der Waals surface area contributed by atoms with E-state index < -0.39 is 20.0 Å². The Morgan fingerprint density at radius 1 is 0.875 bits per heavy atom. The van der Waals surface area contributed by atoms with Crippen molar-refractivity contribution in [1.82, 2.24) is 0 Å². The van der Waals surface area contributed by atoms with E-state index in [0.717, 1.165) is 0 Å². The quantitative estimate of drug-likeness (QED) is 0.694. The fourth-order valence-electron chi connectivity index (χ4n) is 0.750. The minimum atomic E-state index is -1.45. The van der Waals surface area contributed by atoms with Gasteiger partial charge in [0.15, 0.2) is 0 Å². The summed E-state index contributed by atoms with van der Waals surface area (Å²) in [5, 5.41) is 0. The van der Waals surface area contributed by atoms with Gasteiger partial charge in [0.25, 0.3) is 0 Å². The van der Waals surface area contributed by atoms with Crippen molar-refractivity contribution in [1.29, 1.82) is 0 Å². The monoisotopic (exact) mass is 282 g/mol. The van der Waals surface area contributed by atoms with Crippen molar-refractivity contribution < 1.29 is 20.0 Å². The zero-order chi connectivity index (χ0) is 6.62. The number of hydrogen-bond acceptors (Lipinski definition) is 0. The number of hydrogen-bond donors (Lipinski definition) is 0. The number of rotatable bonds is 3. The van der Waals surface area contributed by atoms with Crippen LogP contribution >= 0.6 is 0 Å². The Morgan fingerprint density at radius 2 is 1.12 bits per heavy atom. The van der Waals surface area contributed by atoms with Crippen LogP contribution in [0, 0.1) is 0 Å². The summed E-state index contributed by atoms with van der Waals surface area (Å²) in [4.78, 5) is 0. The average molecular weight is 281 g/mol. The molecule has 0 amide bonds. The molecule has 0 saturated carbocycles. The molecule has 0 nitrogen and oxygen atoms in total. The molecule has 0 heterocycles. The predicted molar refractivity (Wildman–Crippen MR) is 37.3 cm³/mol. The Labute approximate surface area is 58.0 Å². The van der Waals surface area contributed by atoms with E-state index in [4.69, 9.17) is 0 Å². The average Bonchev–Trinajstić information content (AvgIpc) is 1.87. The molecule has 8 heavy (non-hydrogen) atoms. The van der Waals surface area contributed by atoms with Crippen LogP contribution < -0.4 is 0 Å². The van der Waals surface area contributed by atoms with Crippen LogP contribution in [-0.4, -0.2) is 0 Å². The first kappa shape index (κ1) is 8.87. The fraction of sp³-hybridized carbons (Fsp3) is 1.00. The minimum absolute atomic E-state index is 1.45. The van der Waals surface area contributed by atoms with Crippen LogP contribution in [0.3, 0.4) is 0 Å². The second-order valence-corrected chi connectivity index (χ2v) is 23.5. The van der Waals surface area contributed by atoms with E-state index in [1.165, 1.54) is 0 Å². The SMILES string of the molecule is C[CH2][Hf]([CH3])([CH2]C)[CH2]C. The van der Waals surface area contributed by atoms with Gasteiger partial charge in [0.05, 0.1) is 0 Å². The summed E-state index contributed by atoms with van der Waals surface area (Å²) in [6.45, 7) is 7.11. The second-order valence-electron chi connectivity index (χ2n) is 2.87.